The number of hydrogen-bond acceptors (Lipinski definition) is 6. The summed E-state index contributed by atoms with van der Waals surface area (Å²) in [6.07, 6.45) is -0.174. The van der Waals surface area contributed by atoms with E-state index in [4.69, 9.17) is 9.84 Å². The molecule has 0 aromatic carbocycles. The van der Waals surface area contributed by atoms with Crippen molar-refractivity contribution in [3.8, 4) is 94.7 Å². The average Bonchev–Trinajstić information content (AvgIpc) is 3.23. The molecule has 6 nitrogen and oxygen atoms in total. The Balaban J connectivity index is 2.67. The van der Waals surface area contributed by atoms with E-state index in [0.29, 0.717) is 26.2 Å². The molecule has 1 unspecified atom stereocenters. The molecule has 1 saturated heterocycles. The zero-order valence-corrected chi connectivity index (χ0v) is 19.7. The summed E-state index contributed by atoms with van der Waals surface area (Å²) in [4.78, 5) is 15.7. The Labute approximate surface area is 208 Å². The first-order chi connectivity index (χ1) is 16.7. The molecule has 0 aliphatic carbocycles. The quantitative estimate of drug-likeness (QED) is 0.184. The second-order valence-electron chi connectivity index (χ2n) is 6.14. The molecule has 34 heavy (non-hydrogen) atoms. The van der Waals surface area contributed by atoms with Gasteiger partial charge in [-0.15, -0.1) is 0 Å². The van der Waals surface area contributed by atoms with Crippen LogP contribution in [0.1, 0.15) is 6.92 Å². The van der Waals surface area contributed by atoms with Crippen LogP contribution in [0.4, 0.5) is 0 Å². The van der Waals surface area contributed by atoms with Crippen molar-refractivity contribution in [3.05, 3.63) is 0 Å². The number of aliphatic hydroxyl groups is 1. The summed E-state index contributed by atoms with van der Waals surface area (Å²) < 4.78 is 5.03. The Morgan fingerprint density at radius 3 is 1.88 bits per heavy atom. The third kappa shape index (κ3) is 13.5. The summed E-state index contributed by atoms with van der Waals surface area (Å²) in [5, 5.41) is 11.6. The van der Waals surface area contributed by atoms with Crippen molar-refractivity contribution in [3.63, 3.8) is 0 Å². The van der Waals surface area contributed by atoms with E-state index in [0.717, 1.165) is 13.1 Å². The van der Waals surface area contributed by atoms with E-state index in [1.54, 1.807) is 6.92 Å². The van der Waals surface area contributed by atoms with E-state index in [-0.39, 0.29) is 24.6 Å². The monoisotopic (exact) mass is 469 g/mol. The second-order valence-corrected chi connectivity index (χ2v) is 6.45. The van der Waals surface area contributed by atoms with Gasteiger partial charge in [-0.2, -0.15) is 12.6 Å². The van der Waals surface area contributed by atoms with Gasteiger partial charge >= 0.3 is 0 Å². The van der Waals surface area contributed by atoms with Crippen LogP contribution in [0.25, 0.3) is 0 Å². The number of amides is 1. The Hall–Kier alpha value is -3.86. The van der Waals surface area contributed by atoms with E-state index < -0.39 is 0 Å². The molecular weight excluding hydrogens is 446 g/mol. The average molecular weight is 470 g/mol. The van der Waals surface area contributed by atoms with Crippen molar-refractivity contribution in [1.82, 2.24) is 15.1 Å². The van der Waals surface area contributed by atoms with Crippen LogP contribution >= 0.6 is 12.6 Å². The zero-order valence-electron chi connectivity index (χ0n) is 18.8. The predicted octanol–water partition coefficient (Wildman–Crippen LogP) is -1.01. The summed E-state index contributed by atoms with van der Waals surface area (Å²) in [5.41, 5.74) is 0. The molecule has 1 aliphatic heterocycles. The fourth-order valence-corrected chi connectivity index (χ4v) is 2.67. The van der Waals surface area contributed by atoms with Crippen LogP contribution < -0.4 is 5.32 Å². The van der Waals surface area contributed by atoms with Gasteiger partial charge < -0.3 is 15.2 Å². The molecule has 2 N–H and O–H groups in total. The highest BCUT2D eigenvalue weighted by Crippen LogP contribution is 2.13. The number of hydrogen-bond donors (Lipinski definition) is 3. The first-order valence-electron chi connectivity index (χ1n) is 10.2. The molecule has 1 atom stereocenters. The van der Waals surface area contributed by atoms with Crippen molar-refractivity contribution in [2.75, 3.05) is 51.9 Å². The summed E-state index contributed by atoms with van der Waals surface area (Å²) >= 11 is 3.95. The molecule has 0 aromatic rings. The molecule has 1 aliphatic rings. The van der Waals surface area contributed by atoms with E-state index in [2.05, 4.69) is 122 Å². The van der Waals surface area contributed by atoms with Crippen molar-refractivity contribution in [1.29, 1.82) is 0 Å². The van der Waals surface area contributed by atoms with Crippen LogP contribution in [0.2, 0.25) is 0 Å². The van der Waals surface area contributed by atoms with Gasteiger partial charge in [0.25, 0.3) is 0 Å². The van der Waals surface area contributed by atoms with Crippen LogP contribution in [0.15, 0.2) is 0 Å². The number of carbonyl (C=O) groups is 1. The maximum absolute atomic E-state index is 11.4. The molecule has 1 fully saturated rings. The highest BCUT2D eigenvalue weighted by Gasteiger charge is 2.29. The topological polar surface area (TPSA) is 65.0 Å². The normalized spacial score (nSPS) is 13.2. The van der Waals surface area contributed by atoms with Crippen LogP contribution in [-0.2, 0) is 9.53 Å². The third-order valence-electron chi connectivity index (χ3n) is 3.98. The Morgan fingerprint density at radius 1 is 0.882 bits per heavy atom. The van der Waals surface area contributed by atoms with Gasteiger partial charge in [-0.05, 0) is 89.8 Å². The maximum atomic E-state index is 11.4. The van der Waals surface area contributed by atoms with Crippen LogP contribution in [0, 0.1) is 94.7 Å². The van der Waals surface area contributed by atoms with Gasteiger partial charge in [-0.25, -0.2) is 0 Å². The minimum Gasteiger partial charge on any atom is -0.371 e. The Bertz CT molecular complexity index is 1200. The second kappa shape index (κ2) is 19.8. The SMILES string of the molecule is CC#CC#CC#CC#CC#CC#CC#CC#CC1N(CCNC(=O)CS)CCN1CCOCO. The molecule has 0 spiro atoms. The largest absolute Gasteiger partial charge is 0.371 e. The summed E-state index contributed by atoms with van der Waals surface area (Å²) in [6.45, 7) is 5.12. The minimum atomic E-state index is -0.320. The molecule has 0 radical (unpaired) electrons. The molecule has 0 saturated carbocycles. The van der Waals surface area contributed by atoms with Crippen molar-refractivity contribution >= 4 is 18.5 Å². The Kier molecular flexibility index (Phi) is 16.4. The first-order valence-corrected chi connectivity index (χ1v) is 10.8. The lowest BCUT2D eigenvalue weighted by Gasteiger charge is -2.25. The van der Waals surface area contributed by atoms with Gasteiger partial charge in [0, 0.05) is 32.7 Å². The van der Waals surface area contributed by atoms with Gasteiger partial charge in [0.2, 0.25) is 5.91 Å². The van der Waals surface area contributed by atoms with E-state index in [9.17, 15) is 4.79 Å². The molecular formula is C27H23N3O3S. The molecule has 1 heterocycles. The number of ether oxygens (including phenoxy) is 1. The van der Waals surface area contributed by atoms with E-state index in [1.165, 1.54) is 0 Å². The van der Waals surface area contributed by atoms with Crippen LogP contribution in [-0.4, -0.2) is 78.9 Å². The zero-order chi connectivity index (χ0) is 24.7. The summed E-state index contributed by atoms with van der Waals surface area (Å²) in [5.74, 6) is 42.0. The molecule has 0 bridgehead atoms. The fourth-order valence-electron chi connectivity index (χ4n) is 2.56. The maximum Gasteiger partial charge on any atom is 0.229 e. The highest BCUT2D eigenvalue weighted by molar-refractivity contribution is 7.81. The number of rotatable bonds is 8. The number of nitrogens with zero attached hydrogens (tertiary/aromatic N) is 2. The van der Waals surface area contributed by atoms with Crippen molar-refractivity contribution in [2.24, 2.45) is 0 Å². The van der Waals surface area contributed by atoms with Crippen molar-refractivity contribution in [2.45, 2.75) is 13.1 Å². The molecule has 1 rings (SSSR count). The van der Waals surface area contributed by atoms with E-state index in [1.807, 2.05) is 0 Å². The Morgan fingerprint density at radius 2 is 1.38 bits per heavy atom. The summed E-state index contributed by atoms with van der Waals surface area (Å²) in [7, 11) is 0. The minimum absolute atomic E-state index is 0.114. The lowest BCUT2D eigenvalue weighted by atomic mass is 10.3. The van der Waals surface area contributed by atoms with Crippen LogP contribution in [0.3, 0.4) is 0 Å². The van der Waals surface area contributed by atoms with Crippen molar-refractivity contribution < 1.29 is 14.6 Å². The van der Waals surface area contributed by atoms with Gasteiger partial charge in [0.05, 0.1) is 12.4 Å². The number of thiol groups is 1. The molecule has 0 aromatic heterocycles. The molecule has 1 amide bonds. The standard InChI is InChI=1S/C27H23N3O3S/c1-2-3-4-5-6-7-8-9-10-11-12-13-14-15-16-17-27-29(19-18-28-26(32)24-34)20-21-30(27)22-23-33-25-31/h27,31,34H,18-25H2,1H3,(H,28,32). The lowest BCUT2D eigenvalue weighted by molar-refractivity contribution is -0.118. The number of nitrogens with one attached hydrogen (secondary N) is 1. The summed E-state index contributed by atoms with van der Waals surface area (Å²) in [6, 6.07) is 0. The van der Waals surface area contributed by atoms with E-state index >= 15 is 0 Å². The number of carbonyl (C=O) groups excluding carboxylic acids is 1. The lowest BCUT2D eigenvalue weighted by Crippen LogP contribution is -2.42. The third-order valence-corrected chi connectivity index (χ3v) is 4.27. The van der Waals surface area contributed by atoms with Gasteiger partial charge in [-0.3, -0.25) is 14.6 Å². The molecule has 7 heteroatoms. The number of aliphatic hydroxyl groups excluding tert-OH is 1. The smallest absolute Gasteiger partial charge is 0.229 e. The predicted molar refractivity (Wildman–Crippen MR) is 135 cm³/mol. The first kappa shape index (κ1) is 28.2. The van der Waals surface area contributed by atoms with Gasteiger partial charge in [0.1, 0.15) is 13.0 Å². The van der Waals surface area contributed by atoms with Crippen LogP contribution in [0.5, 0.6) is 0 Å². The molecule has 170 valence electrons. The van der Waals surface area contributed by atoms with Gasteiger partial charge in [-0.1, -0.05) is 11.8 Å². The highest BCUT2D eigenvalue weighted by atomic mass is 32.1. The van der Waals surface area contributed by atoms with Gasteiger partial charge in [0.15, 0.2) is 0 Å². The fraction of sp³-hybridized carbons (Fsp3) is 0.370.